The molecule has 4 aromatic rings. The number of H-pyrrole nitrogens is 1. The van der Waals surface area contributed by atoms with Crippen LogP contribution in [0.1, 0.15) is 30.5 Å². The van der Waals surface area contributed by atoms with E-state index in [9.17, 15) is 0 Å². The third-order valence-corrected chi connectivity index (χ3v) is 6.82. The molecule has 0 spiro atoms. The smallest absolute Gasteiger partial charge is 0.0907 e. The molecule has 138 valence electrons. The van der Waals surface area contributed by atoms with Crippen LogP contribution in [0.15, 0.2) is 42.5 Å². The summed E-state index contributed by atoms with van der Waals surface area (Å²) in [5.41, 5.74) is 6.17. The van der Waals surface area contributed by atoms with Crippen molar-refractivity contribution in [2.75, 3.05) is 13.1 Å². The standard InChI is InChI=1S/C23H25N3S/c1-15-4-3-10-26(15)11-9-20-13-19-12-17(5-7-21(19)25-20)18-6-8-23-22(14-18)24-16(2)27-23/h5-8,12-15,25H,3-4,9-11H2,1-2H3. The van der Waals surface area contributed by atoms with Crippen LogP contribution in [0.25, 0.3) is 32.2 Å². The van der Waals surface area contributed by atoms with E-state index in [1.165, 1.54) is 51.8 Å². The second-order valence-electron chi connectivity index (χ2n) is 7.79. The van der Waals surface area contributed by atoms with Crippen molar-refractivity contribution in [1.82, 2.24) is 14.9 Å². The van der Waals surface area contributed by atoms with Gasteiger partial charge in [0.1, 0.15) is 0 Å². The van der Waals surface area contributed by atoms with Gasteiger partial charge in [0.25, 0.3) is 0 Å². The molecule has 0 bridgehead atoms. The number of aromatic nitrogens is 2. The van der Waals surface area contributed by atoms with Gasteiger partial charge in [0.15, 0.2) is 0 Å². The first kappa shape index (κ1) is 17.0. The first-order valence-electron chi connectivity index (χ1n) is 9.89. The molecule has 27 heavy (non-hydrogen) atoms. The van der Waals surface area contributed by atoms with E-state index in [0.717, 1.165) is 29.5 Å². The van der Waals surface area contributed by atoms with Gasteiger partial charge in [0.2, 0.25) is 0 Å². The Morgan fingerprint density at radius 1 is 1.15 bits per heavy atom. The highest BCUT2D eigenvalue weighted by Crippen LogP contribution is 2.30. The SMILES string of the molecule is Cc1nc2cc(-c3ccc4[nH]c(CCN5CCCC5C)cc4c3)ccc2s1. The molecule has 3 nitrogen and oxygen atoms in total. The van der Waals surface area contributed by atoms with E-state index in [1.807, 2.05) is 0 Å². The van der Waals surface area contributed by atoms with Crippen molar-refractivity contribution in [2.45, 2.75) is 39.2 Å². The van der Waals surface area contributed by atoms with Gasteiger partial charge in [0.05, 0.1) is 15.2 Å². The van der Waals surface area contributed by atoms with E-state index in [1.54, 1.807) is 11.3 Å². The molecule has 1 N–H and O–H groups in total. The van der Waals surface area contributed by atoms with E-state index < -0.39 is 0 Å². The zero-order valence-corrected chi connectivity index (χ0v) is 16.8. The third kappa shape index (κ3) is 3.28. The highest BCUT2D eigenvalue weighted by molar-refractivity contribution is 7.18. The monoisotopic (exact) mass is 375 g/mol. The second-order valence-corrected chi connectivity index (χ2v) is 9.02. The number of aryl methyl sites for hydroxylation is 1. The number of likely N-dealkylation sites (tertiary alicyclic amines) is 1. The molecule has 2 aromatic carbocycles. The van der Waals surface area contributed by atoms with Crippen molar-refractivity contribution in [3.63, 3.8) is 0 Å². The lowest BCUT2D eigenvalue weighted by Gasteiger charge is -2.20. The van der Waals surface area contributed by atoms with Gasteiger partial charge < -0.3 is 9.88 Å². The Kier molecular flexibility index (Phi) is 4.25. The fourth-order valence-electron chi connectivity index (χ4n) is 4.32. The minimum atomic E-state index is 0.741. The molecule has 1 atom stereocenters. The van der Waals surface area contributed by atoms with Crippen LogP contribution in [0.5, 0.6) is 0 Å². The number of hydrogen-bond donors (Lipinski definition) is 1. The van der Waals surface area contributed by atoms with Crippen LogP contribution in [-0.2, 0) is 6.42 Å². The van der Waals surface area contributed by atoms with Gasteiger partial charge in [-0.15, -0.1) is 11.3 Å². The first-order valence-corrected chi connectivity index (χ1v) is 10.7. The number of benzene rings is 2. The molecular weight excluding hydrogens is 350 g/mol. The average Bonchev–Trinajstić information content (AvgIpc) is 3.35. The quantitative estimate of drug-likeness (QED) is 0.490. The molecule has 2 aromatic heterocycles. The highest BCUT2D eigenvalue weighted by Gasteiger charge is 2.19. The lowest BCUT2D eigenvalue weighted by molar-refractivity contribution is 0.271. The van der Waals surface area contributed by atoms with Gasteiger partial charge in [-0.2, -0.15) is 0 Å². The summed E-state index contributed by atoms with van der Waals surface area (Å²) < 4.78 is 1.26. The second kappa shape index (κ2) is 6.77. The van der Waals surface area contributed by atoms with Gasteiger partial charge in [-0.05, 0) is 74.7 Å². The van der Waals surface area contributed by atoms with Gasteiger partial charge in [-0.3, -0.25) is 0 Å². The molecule has 1 fully saturated rings. The van der Waals surface area contributed by atoms with Crippen molar-refractivity contribution in [3.05, 3.63) is 53.2 Å². The molecule has 4 heteroatoms. The maximum atomic E-state index is 4.64. The Morgan fingerprint density at radius 3 is 2.85 bits per heavy atom. The summed E-state index contributed by atoms with van der Waals surface area (Å²) in [6, 6.07) is 16.4. The predicted octanol–water partition coefficient (Wildman–Crippen LogP) is 5.78. The third-order valence-electron chi connectivity index (χ3n) is 5.86. The molecule has 1 aliphatic heterocycles. The van der Waals surface area contributed by atoms with Crippen LogP contribution < -0.4 is 0 Å². The molecule has 1 unspecified atom stereocenters. The number of rotatable bonds is 4. The Labute approximate surface area is 164 Å². The van der Waals surface area contributed by atoms with E-state index >= 15 is 0 Å². The van der Waals surface area contributed by atoms with Crippen LogP contribution >= 0.6 is 11.3 Å². The van der Waals surface area contributed by atoms with Gasteiger partial charge >= 0.3 is 0 Å². The van der Waals surface area contributed by atoms with Crippen molar-refractivity contribution in [3.8, 4) is 11.1 Å². The number of hydrogen-bond acceptors (Lipinski definition) is 3. The topological polar surface area (TPSA) is 31.9 Å². The molecular formula is C23H25N3S. The van der Waals surface area contributed by atoms with Crippen molar-refractivity contribution in [2.24, 2.45) is 0 Å². The largest absolute Gasteiger partial charge is 0.358 e. The van der Waals surface area contributed by atoms with Crippen LogP contribution in [0.2, 0.25) is 0 Å². The molecule has 1 saturated heterocycles. The van der Waals surface area contributed by atoms with Crippen LogP contribution in [-0.4, -0.2) is 34.0 Å². The number of aromatic amines is 1. The molecule has 1 aliphatic rings. The summed E-state index contributed by atoms with van der Waals surface area (Å²) in [4.78, 5) is 10.9. The van der Waals surface area contributed by atoms with E-state index in [-0.39, 0.29) is 0 Å². The minimum Gasteiger partial charge on any atom is -0.358 e. The first-order chi connectivity index (χ1) is 13.2. The van der Waals surface area contributed by atoms with Crippen LogP contribution in [0, 0.1) is 6.92 Å². The Bertz CT molecular complexity index is 1110. The predicted molar refractivity (Wildman–Crippen MR) is 116 cm³/mol. The molecule has 0 saturated carbocycles. The van der Waals surface area contributed by atoms with Gasteiger partial charge in [-0.25, -0.2) is 4.98 Å². The van der Waals surface area contributed by atoms with Gasteiger partial charge in [0, 0.05) is 35.6 Å². The van der Waals surface area contributed by atoms with E-state index in [0.29, 0.717) is 0 Å². The fraction of sp³-hybridized carbons (Fsp3) is 0.348. The lowest BCUT2D eigenvalue weighted by atomic mass is 10.0. The summed E-state index contributed by atoms with van der Waals surface area (Å²) in [6.45, 7) is 6.83. The maximum absolute atomic E-state index is 4.64. The highest BCUT2D eigenvalue weighted by atomic mass is 32.1. The van der Waals surface area contributed by atoms with E-state index in [2.05, 4.69) is 71.2 Å². The lowest BCUT2D eigenvalue weighted by Crippen LogP contribution is -2.29. The molecule has 0 aliphatic carbocycles. The van der Waals surface area contributed by atoms with E-state index in [4.69, 9.17) is 0 Å². The fourth-order valence-corrected chi connectivity index (χ4v) is 5.13. The Hall–Kier alpha value is -2.17. The van der Waals surface area contributed by atoms with Gasteiger partial charge in [-0.1, -0.05) is 12.1 Å². The van der Waals surface area contributed by atoms with Crippen molar-refractivity contribution < 1.29 is 0 Å². The number of nitrogens with one attached hydrogen (secondary N) is 1. The number of fused-ring (bicyclic) bond motifs is 2. The van der Waals surface area contributed by atoms with Crippen molar-refractivity contribution >= 4 is 32.5 Å². The number of nitrogens with zero attached hydrogens (tertiary/aromatic N) is 2. The Balaban J connectivity index is 1.40. The van der Waals surface area contributed by atoms with Crippen LogP contribution in [0.3, 0.4) is 0 Å². The zero-order valence-electron chi connectivity index (χ0n) is 16.0. The van der Waals surface area contributed by atoms with Crippen LogP contribution in [0.4, 0.5) is 0 Å². The average molecular weight is 376 g/mol. The number of thiazole rings is 1. The summed E-state index contributed by atoms with van der Waals surface area (Å²) in [5, 5.41) is 2.42. The zero-order chi connectivity index (χ0) is 18.4. The summed E-state index contributed by atoms with van der Waals surface area (Å²) in [6.07, 6.45) is 3.79. The molecule has 0 radical (unpaired) electrons. The van der Waals surface area contributed by atoms with Crippen molar-refractivity contribution in [1.29, 1.82) is 0 Å². The molecule has 5 rings (SSSR count). The summed E-state index contributed by atoms with van der Waals surface area (Å²) >= 11 is 1.76. The normalized spacial score (nSPS) is 18.1. The Morgan fingerprint density at radius 2 is 2.00 bits per heavy atom. The molecule has 0 amide bonds. The maximum Gasteiger partial charge on any atom is 0.0907 e. The summed E-state index contributed by atoms with van der Waals surface area (Å²) in [7, 11) is 0. The summed E-state index contributed by atoms with van der Waals surface area (Å²) in [5.74, 6) is 0. The molecule has 3 heterocycles. The minimum absolute atomic E-state index is 0.741.